The van der Waals surface area contributed by atoms with E-state index in [-0.39, 0.29) is 5.75 Å². The fourth-order valence-corrected chi connectivity index (χ4v) is 2.86. The summed E-state index contributed by atoms with van der Waals surface area (Å²) in [5, 5.41) is 10.7. The minimum absolute atomic E-state index is 0.177. The van der Waals surface area contributed by atoms with Gasteiger partial charge in [-0.3, -0.25) is 0 Å². The quantitative estimate of drug-likeness (QED) is 0.908. The predicted molar refractivity (Wildman–Crippen MR) is 79.5 cm³/mol. The van der Waals surface area contributed by atoms with Gasteiger partial charge in [0.25, 0.3) is 0 Å². The Balaban J connectivity index is 1.99. The maximum Gasteiger partial charge on any atom is 0.162 e. The van der Waals surface area contributed by atoms with Crippen molar-refractivity contribution in [3.63, 3.8) is 0 Å². The number of hydrogen-bond acceptors (Lipinski definition) is 4. The number of phenolic OH excluding ortho intramolecular Hbond substituents is 1. The minimum Gasteiger partial charge on any atom is -0.504 e. The van der Waals surface area contributed by atoms with E-state index in [2.05, 4.69) is 11.9 Å². The van der Waals surface area contributed by atoms with E-state index < -0.39 is 0 Å². The summed E-state index contributed by atoms with van der Waals surface area (Å²) in [6.45, 7) is 3.36. The van der Waals surface area contributed by atoms with Crippen molar-refractivity contribution in [1.82, 2.24) is 4.90 Å². The van der Waals surface area contributed by atoms with Crippen molar-refractivity contribution in [3.8, 4) is 11.5 Å². The Kier molecular flexibility index (Phi) is 5.52. The van der Waals surface area contributed by atoms with E-state index in [4.69, 9.17) is 21.1 Å². The number of phenols is 1. The number of halogens is 1. The number of ether oxygens (including phenoxy) is 2. The summed E-state index contributed by atoms with van der Waals surface area (Å²) in [5.74, 6) is 1.26. The summed E-state index contributed by atoms with van der Waals surface area (Å²) in [6, 6.07) is 3.42. The smallest absolute Gasteiger partial charge is 0.162 e. The average Bonchev–Trinajstić information content (AvgIpc) is 2.43. The van der Waals surface area contributed by atoms with Crippen molar-refractivity contribution in [2.75, 3.05) is 33.9 Å². The van der Waals surface area contributed by atoms with Gasteiger partial charge >= 0.3 is 0 Å². The molecule has 0 radical (unpaired) electrons. The SMILES string of the molecule is COc1cc(Cl)cc(CN(C)CC2CCOCC2)c1O. The van der Waals surface area contributed by atoms with Gasteiger partial charge in [0.2, 0.25) is 0 Å². The molecule has 0 amide bonds. The maximum absolute atomic E-state index is 10.1. The molecule has 1 aromatic carbocycles. The van der Waals surface area contributed by atoms with Crippen LogP contribution in [0.15, 0.2) is 12.1 Å². The highest BCUT2D eigenvalue weighted by Crippen LogP contribution is 2.34. The van der Waals surface area contributed by atoms with Gasteiger partial charge in [0.15, 0.2) is 11.5 Å². The molecule has 20 heavy (non-hydrogen) atoms. The summed E-state index contributed by atoms with van der Waals surface area (Å²) in [7, 11) is 3.59. The second-order valence-electron chi connectivity index (χ2n) is 5.37. The first kappa shape index (κ1) is 15.4. The zero-order chi connectivity index (χ0) is 14.5. The van der Waals surface area contributed by atoms with Crippen molar-refractivity contribution >= 4 is 11.6 Å². The standard InChI is InChI=1S/C15H22ClNO3/c1-17(9-11-3-5-20-6-4-11)10-12-7-13(16)8-14(19-2)15(12)18/h7-8,11,18H,3-6,9-10H2,1-2H3. The van der Waals surface area contributed by atoms with Crippen molar-refractivity contribution in [2.24, 2.45) is 5.92 Å². The van der Waals surface area contributed by atoms with Gasteiger partial charge in [-0.05, 0) is 31.9 Å². The molecule has 112 valence electrons. The molecule has 1 aromatic rings. The van der Waals surface area contributed by atoms with Crippen molar-refractivity contribution in [2.45, 2.75) is 19.4 Å². The average molecular weight is 300 g/mol. The Morgan fingerprint density at radius 3 is 2.75 bits per heavy atom. The number of rotatable bonds is 5. The molecule has 0 aromatic heterocycles. The lowest BCUT2D eigenvalue weighted by atomic mass is 9.99. The van der Waals surface area contributed by atoms with Gasteiger partial charge in [-0.1, -0.05) is 11.6 Å². The molecule has 0 bridgehead atoms. The van der Waals surface area contributed by atoms with E-state index in [1.165, 1.54) is 7.11 Å². The summed E-state index contributed by atoms with van der Waals surface area (Å²) < 4.78 is 10.5. The lowest BCUT2D eigenvalue weighted by Gasteiger charge is -2.27. The molecule has 0 aliphatic carbocycles. The van der Waals surface area contributed by atoms with Crippen LogP contribution in [0.3, 0.4) is 0 Å². The van der Waals surface area contributed by atoms with Crippen LogP contribution in [0, 0.1) is 5.92 Å². The molecule has 0 spiro atoms. The first-order valence-electron chi connectivity index (χ1n) is 6.91. The van der Waals surface area contributed by atoms with E-state index in [0.29, 0.717) is 23.2 Å². The second kappa shape index (κ2) is 7.16. The van der Waals surface area contributed by atoms with Crippen LogP contribution < -0.4 is 4.74 Å². The molecule has 0 saturated carbocycles. The summed E-state index contributed by atoms with van der Waals surface area (Å²) >= 11 is 6.05. The lowest BCUT2D eigenvalue weighted by molar-refractivity contribution is 0.0549. The van der Waals surface area contributed by atoms with Crippen LogP contribution in [-0.2, 0) is 11.3 Å². The molecule has 2 rings (SSSR count). The normalized spacial score (nSPS) is 16.6. The third-order valence-electron chi connectivity index (χ3n) is 3.69. The molecule has 1 aliphatic rings. The molecule has 4 nitrogen and oxygen atoms in total. The van der Waals surface area contributed by atoms with Gasteiger partial charge in [-0.15, -0.1) is 0 Å². The molecule has 1 N–H and O–H groups in total. The van der Waals surface area contributed by atoms with E-state index in [9.17, 15) is 5.11 Å². The Labute approximate surface area is 125 Å². The van der Waals surface area contributed by atoms with Gasteiger partial charge < -0.3 is 19.5 Å². The van der Waals surface area contributed by atoms with Gasteiger partial charge in [0.05, 0.1) is 7.11 Å². The Morgan fingerprint density at radius 1 is 1.40 bits per heavy atom. The van der Waals surface area contributed by atoms with Crippen molar-refractivity contribution < 1.29 is 14.6 Å². The molecule has 1 heterocycles. The number of methoxy groups -OCH3 is 1. The molecule has 0 unspecified atom stereocenters. The Morgan fingerprint density at radius 2 is 2.10 bits per heavy atom. The molecule has 5 heteroatoms. The first-order valence-corrected chi connectivity index (χ1v) is 7.29. The number of benzene rings is 1. The Hall–Kier alpha value is -0.970. The van der Waals surface area contributed by atoms with Crippen LogP contribution in [0.2, 0.25) is 5.02 Å². The topological polar surface area (TPSA) is 41.9 Å². The zero-order valence-corrected chi connectivity index (χ0v) is 12.8. The monoisotopic (exact) mass is 299 g/mol. The van der Waals surface area contributed by atoms with Gasteiger partial charge in [-0.25, -0.2) is 0 Å². The summed E-state index contributed by atoms with van der Waals surface area (Å²) in [5.41, 5.74) is 0.795. The van der Waals surface area contributed by atoms with Crippen LogP contribution in [0.25, 0.3) is 0 Å². The fraction of sp³-hybridized carbons (Fsp3) is 0.600. The van der Waals surface area contributed by atoms with Crippen LogP contribution >= 0.6 is 11.6 Å². The molecule has 1 fully saturated rings. The summed E-state index contributed by atoms with van der Waals surface area (Å²) in [6.07, 6.45) is 2.21. The van der Waals surface area contributed by atoms with Gasteiger partial charge in [0.1, 0.15) is 0 Å². The van der Waals surface area contributed by atoms with Crippen molar-refractivity contribution in [3.05, 3.63) is 22.7 Å². The highest BCUT2D eigenvalue weighted by atomic mass is 35.5. The molecular formula is C15H22ClNO3. The van der Waals surface area contributed by atoms with E-state index in [0.717, 1.165) is 38.2 Å². The van der Waals surface area contributed by atoms with E-state index in [1.807, 2.05) is 0 Å². The highest BCUT2D eigenvalue weighted by molar-refractivity contribution is 6.30. The third-order valence-corrected chi connectivity index (χ3v) is 3.91. The zero-order valence-electron chi connectivity index (χ0n) is 12.1. The highest BCUT2D eigenvalue weighted by Gasteiger charge is 2.17. The molecule has 1 saturated heterocycles. The largest absolute Gasteiger partial charge is 0.504 e. The molecular weight excluding hydrogens is 278 g/mol. The van der Waals surface area contributed by atoms with Crippen LogP contribution in [-0.4, -0.2) is 43.9 Å². The number of aromatic hydroxyl groups is 1. The fourth-order valence-electron chi connectivity index (χ4n) is 2.63. The van der Waals surface area contributed by atoms with Gasteiger partial charge in [0, 0.05) is 43.0 Å². The predicted octanol–water partition coefficient (Wildman–Crippen LogP) is 2.91. The van der Waals surface area contributed by atoms with Crippen LogP contribution in [0.5, 0.6) is 11.5 Å². The second-order valence-corrected chi connectivity index (χ2v) is 5.80. The lowest BCUT2D eigenvalue weighted by Crippen LogP contribution is -2.29. The number of hydrogen-bond donors (Lipinski definition) is 1. The Bertz CT molecular complexity index is 447. The number of nitrogens with zero attached hydrogens (tertiary/aromatic N) is 1. The third kappa shape index (κ3) is 4.01. The van der Waals surface area contributed by atoms with Crippen molar-refractivity contribution in [1.29, 1.82) is 0 Å². The van der Waals surface area contributed by atoms with Crippen LogP contribution in [0.1, 0.15) is 18.4 Å². The van der Waals surface area contributed by atoms with Gasteiger partial charge in [-0.2, -0.15) is 0 Å². The van der Waals surface area contributed by atoms with Crippen LogP contribution in [0.4, 0.5) is 0 Å². The maximum atomic E-state index is 10.1. The first-order chi connectivity index (χ1) is 9.60. The minimum atomic E-state index is 0.177. The summed E-state index contributed by atoms with van der Waals surface area (Å²) in [4.78, 5) is 2.21. The van der Waals surface area contributed by atoms with E-state index >= 15 is 0 Å². The molecule has 0 atom stereocenters. The van der Waals surface area contributed by atoms with E-state index in [1.54, 1.807) is 12.1 Å². The molecule has 1 aliphatic heterocycles.